The Hall–Kier alpha value is -0.640. The van der Waals surface area contributed by atoms with Crippen molar-refractivity contribution in [1.29, 1.82) is 0 Å². The minimum absolute atomic E-state index is 0. The summed E-state index contributed by atoms with van der Waals surface area (Å²) in [4.78, 5) is 13.3. The number of carbonyl (C=O) groups excluding carboxylic acids is 1. The molecule has 0 atom stereocenters. The quantitative estimate of drug-likeness (QED) is 0.851. The van der Waals surface area contributed by atoms with Crippen molar-refractivity contribution in [2.24, 2.45) is 5.92 Å². The van der Waals surface area contributed by atoms with Gasteiger partial charge in [-0.25, -0.2) is 0 Å². The molecule has 1 saturated heterocycles. The van der Waals surface area contributed by atoms with Crippen LogP contribution < -0.4 is 5.32 Å². The van der Waals surface area contributed by atoms with E-state index in [4.69, 9.17) is 0 Å². The average Bonchev–Trinajstić information content (AvgIpc) is 2.92. The minimum atomic E-state index is 0. The number of amides is 1. The topological polar surface area (TPSA) is 32.3 Å². The molecule has 1 aliphatic heterocycles. The van der Waals surface area contributed by atoms with Crippen LogP contribution in [0.25, 0.3) is 0 Å². The van der Waals surface area contributed by atoms with Crippen LogP contribution in [0, 0.1) is 5.92 Å². The molecule has 1 N–H and O–H groups in total. The lowest BCUT2D eigenvalue weighted by atomic mass is 10.2. The van der Waals surface area contributed by atoms with Gasteiger partial charge in [-0.05, 0) is 38.9 Å². The Morgan fingerprint density at radius 1 is 1.21 bits per heavy atom. The van der Waals surface area contributed by atoms with Crippen LogP contribution in [0.5, 0.6) is 0 Å². The van der Waals surface area contributed by atoms with E-state index in [1.807, 2.05) is 34.6 Å². The fraction of sp³-hybridized carbons (Fsp3) is 0.933. The van der Waals surface area contributed by atoms with E-state index in [0.29, 0.717) is 0 Å². The monoisotopic (exact) mass is 280 g/mol. The lowest BCUT2D eigenvalue weighted by molar-refractivity contribution is -0.123. The lowest BCUT2D eigenvalue weighted by Gasteiger charge is -2.08. The highest BCUT2D eigenvalue weighted by Gasteiger charge is 2.06. The number of halogens is 1. The van der Waals surface area contributed by atoms with Crippen molar-refractivity contribution in [2.45, 2.75) is 60.8 Å². The first-order valence-corrected chi connectivity index (χ1v) is 7.61. The Balaban J connectivity index is -0.000000106. The molecule has 120 valence electrons. The maximum atomic E-state index is 10.8. The number of hydrogen-bond acceptors (Lipinski definition) is 2. The molecule has 0 unspecified atom stereocenters. The number of rotatable bonds is 4. The summed E-state index contributed by atoms with van der Waals surface area (Å²) in [7, 11) is 0. The van der Waals surface area contributed by atoms with E-state index < -0.39 is 0 Å². The maximum absolute atomic E-state index is 10.8. The molecule has 0 aromatic heterocycles. The zero-order valence-corrected chi connectivity index (χ0v) is 13.8. The van der Waals surface area contributed by atoms with Gasteiger partial charge in [-0.3, -0.25) is 9.50 Å². The van der Waals surface area contributed by atoms with Gasteiger partial charge in [0.25, 0.3) is 0 Å². The van der Waals surface area contributed by atoms with Crippen molar-refractivity contribution in [3.63, 3.8) is 0 Å². The Kier molecular flexibility index (Phi) is 21.4. The standard InChI is InChI=1S/C7H15NO.C6H13N.C2H6.FH.H2/c1-4-5-8-7(9)6(2)3;1-2-7-5-3-4-6-7;1-2;;/h6H,4-5H2,1-3H3,(H,8,9);2-6H2,1H3;1-2H3;2*1H. The van der Waals surface area contributed by atoms with E-state index >= 15 is 0 Å². The van der Waals surface area contributed by atoms with Gasteiger partial charge in [-0.15, -0.1) is 0 Å². The Morgan fingerprint density at radius 3 is 1.95 bits per heavy atom. The molecular formula is C15H37FN2O. The van der Waals surface area contributed by atoms with E-state index in [1.54, 1.807) is 0 Å². The van der Waals surface area contributed by atoms with E-state index in [1.165, 1.54) is 32.5 Å². The fourth-order valence-electron chi connectivity index (χ4n) is 1.55. The molecule has 1 aliphatic rings. The average molecular weight is 280 g/mol. The molecule has 19 heavy (non-hydrogen) atoms. The lowest BCUT2D eigenvalue weighted by Crippen LogP contribution is -2.28. The number of nitrogens with zero attached hydrogens (tertiary/aromatic N) is 1. The first kappa shape index (κ1) is 23.5. The Bertz CT molecular complexity index is 187. The van der Waals surface area contributed by atoms with Gasteiger partial charge < -0.3 is 10.2 Å². The van der Waals surface area contributed by atoms with Crippen LogP contribution in [0.3, 0.4) is 0 Å². The van der Waals surface area contributed by atoms with Crippen molar-refractivity contribution >= 4 is 5.91 Å². The smallest absolute Gasteiger partial charge is 0.222 e. The number of nitrogens with one attached hydrogen (secondary N) is 1. The van der Waals surface area contributed by atoms with Crippen LogP contribution in [-0.2, 0) is 4.79 Å². The van der Waals surface area contributed by atoms with Crippen LogP contribution in [-0.4, -0.2) is 37.0 Å². The van der Waals surface area contributed by atoms with Crippen LogP contribution in [0.1, 0.15) is 62.2 Å². The van der Waals surface area contributed by atoms with Crippen LogP contribution >= 0.6 is 0 Å². The summed E-state index contributed by atoms with van der Waals surface area (Å²) < 4.78 is 0. The normalized spacial score (nSPS) is 13.6. The molecule has 1 rings (SSSR count). The van der Waals surface area contributed by atoms with Crippen molar-refractivity contribution in [1.82, 2.24) is 10.2 Å². The molecule has 0 aromatic rings. The van der Waals surface area contributed by atoms with Gasteiger partial charge in [0.2, 0.25) is 5.91 Å². The van der Waals surface area contributed by atoms with E-state index in [0.717, 1.165) is 13.0 Å². The van der Waals surface area contributed by atoms with Crippen LogP contribution in [0.15, 0.2) is 0 Å². The third-order valence-corrected chi connectivity index (χ3v) is 2.72. The van der Waals surface area contributed by atoms with Gasteiger partial charge in [0, 0.05) is 13.9 Å². The fourth-order valence-corrected chi connectivity index (χ4v) is 1.55. The number of carbonyl (C=O) groups is 1. The Labute approximate surface area is 121 Å². The first-order valence-electron chi connectivity index (χ1n) is 7.61. The van der Waals surface area contributed by atoms with Crippen LogP contribution in [0.2, 0.25) is 0 Å². The third-order valence-electron chi connectivity index (χ3n) is 2.72. The summed E-state index contributed by atoms with van der Waals surface area (Å²) in [6, 6.07) is 0. The highest BCUT2D eigenvalue weighted by Crippen LogP contribution is 2.04. The summed E-state index contributed by atoms with van der Waals surface area (Å²) >= 11 is 0. The maximum Gasteiger partial charge on any atom is 0.222 e. The highest BCUT2D eigenvalue weighted by atomic mass is 19.0. The SMILES string of the molecule is CC.CCCNC(=O)C(C)C.CCN1CCCC1.F.[HH]. The molecular weight excluding hydrogens is 243 g/mol. The number of hydrogen-bond donors (Lipinski definition) is 1. The predicted molar refractivity (Wildman–Crippen MR) is 85.5 cm³/mol. The molecule has 0 bridgehead atoms. The molecule has 0 aliphatic carbocycles. The van der Waals surface area contributed by atoms with Crippen molar-refractivity contribution < 1.29 is 10.9 Å². The molecule has 1 amide bonds. The van der Waals surface area contributed by atoms with Gasteiger partial charge in [-0.2, -0.15) is 0 Å². The van der Waals surface area contributed by atoms with Gasteiger partial charge in [0.05, 0.1) is 0 Å². The van der Waals surface area contributed by atoms with E-state index in [-0.39, 0.29) is 18.0 Å². The summed E-state index contributed by atoms with van der Waals surface area (Å²) in [5.74, 6) is 0.272. The van der Waals surface area contributed by atoms with Gasteiger partial charge >= 0.3 is 0 Å². The summed E-state index contributed by atoms with van der Waals surface area (Å²) in [6.07, 6.45) is 3.86. The molecule has 0 spiro atoms. The highest BCUT2D eigenvalue weighted by molar-refractivity contribution is 5.77. The van der Waals surface area contributed by atoms with Crippen molar-refractivity contribution in [2.75, 3.05) is 26.2 Å². The second-order valence-corrected chi connectivity index (χ2v) is 4.59. The molecule has 1 fully saturated rings. The number of likely N-dealkylation sites (tertiary alicyclic amines) is 1. The zero-order chi connectivity index (χ0) is 14.4. The molecule has 3 nitrogen and oxygen atoms in total. The summed E-state index contributed by atoms with van der Waals surface area (Å²) in [5.41, 5.74) is 0. The zero-order valence-electron chi connectivity index (χ0n) is 13.8. The van der Waals surface area contributed by atoms with Crippen molar-refractivity contribution in [3.8, 4) is 0 Å². The Morgan fingerprint density at radius 2 is 1.68 bits per heavy atom. The first-order chi connectivity index (χ1) is 8.61. The van der Waals surface area contributed by atoms with Gasteiger partial charge in [0.1, 0.15) is 0 Å². The second-order valence-electron chi connectivity index (χ2n) is 4.59. The predicted octanol–water partition coefficient (Wildman–Crippen LogP) is 3.70. The van der Waals surface area contributed by atoms with Crippen LogP contribution in [0.4, 0.5) is 4.70 Å². The second kappa shape index (κ2) is 17.4. The molecule has 1 heterocycles. The minimum Gasteiger partial charge on any atom is -0.356 e. The van der Waals surface area contributed by atoms with E-state index in [2.05, 4.69) is 17.1 Å². The van der Waals surface area contributed by atoms with Gasteiger partial charge in [0.15, 0.2) is 0 Å². The largest absolute Gasteiger partial charge is 0.356 e. The third kappa shape index (κ3) is 15.3. The van der Waals surface area contributed by atoms with Gasteiger partial charge in [-0.1, -0.05) is 41.5 Å². The molecule has 0 saturated carbocycles. The molecule has 0 aromatic carbocycles. The molecule has 0 radical (unpaired) electrons. The summed E-state index contributed by atoms with van der Waals surface area (Å²) in [5, 5.41) is 2.79. The van der Waals surface area contributed by atoms with Crippen molar-refractivity contribution in [3.05, 3.63) is 0 Å². The molecule has 4 heteroatoms. The van der Waals surface area contributed by atoms with E-state index in [9.17, 15) is 4.79 Å². The summed E-state index contributed by atoms with van der Waals surface area (Å²) in [6.45, 7) is 16.8.